The fraction of sp³-hybridized carbons (Fsp3) is 0.542. The number of anilines is 1. The zero-order valence-electron chi connectivity index (χ0n) is 18.1. The largest absolute Gasteiger partial charge is 0.373 e. The van der Waals surface area contributed by atoms with Crippen LogP contribution in [0, 0.1) is 17.8 Å². The minimum Gasteiger partial charge on any atom is -0.373 e. The second kappa shape index (κ2) is 8.25. The van der Waals surface area contributed by atoms with Gasteiger partial charge in [-0.3, -0.25) is 19.3 Å². The average Bonchev–Trinajstić information content (AvgIpc) is 2.87. The second-order valence-electron chi connectivity index (χ2n) is 9.16. The number of hydrogen-bond acceptors (Lipinski definition) is 4. The van der Waals surface area contributed by atoms with E-state index in [1.165, 1.54) is 4.90 Å². The molecule has 1 aliphatic carbocycles. The molecule has 1 aromatic rings. The highest BCUT2D eigenvalue weighted by Crippen LogP contribution is 2.37. The number of likely N-dealkylation sites (tertiary alicyclic amines) is 1. The van der Waals surface area contributed by atoms with Gasteiger partial charge in [-0.15, -0.1) is 0 Å². The van der Waals surface area contributed by atoms with E-state index in [-0.39, 0.29) is 35.5 Å². The maximum Gasteiger partial charge on any atom is 0.246 e. The third kappa shape index (κ3) is 3.64. The smallest absolute Gasteiger partial charge is 0.246 e. The monoisotopic (exact) mass is 409 g/mol. The minimum absolute atomic E-state index is 0.109. The first kappa shape index (κ1) is 20.6. The van der Waals surface area contributed by atoms with Gasteiger partial charge in [0.2, 0.25) is 17.7 Å². The lowest BCUT2D eigenvalue weighted by Gasteiger charge is -2.32. The van der Waals surface area contributed by atoms with Gasteiger partial charge in [0, 0.05) is 32.4 Å². The van der Waals surface area contributed by atoms with E-state index in [1.54, 1.807) is 0 Å². The van der Waals surface area contributed by atoms with Crippen LogP contribution in [-0.2, 0) is 20.9 Å². The molecular weight excluding hydrogens is 378 g/mol. The highest BCUT2D eigenvalue weighted by molar-refractivity contribution is 6.08. The number of allylic oxidation sites excluding steroid dienone is 2. The summed E-state index contributed by atoms with van der Waals surface area (Å²) in [6.07, 6.45) is 5.65. The summed E-state index contributed by atoms with van der Waals surface area (Å²) in [6, 6.07) is 7.39. The van der Waals surface area contributed by atoms with Crippen LogP contribution in [-0.4, -0.2) is 53.7 Å². The van der Waals surface area contributed by atoms with Gasteiger partial charge in [0.25, 0.3) is 0 Å². The zero-order chi connectivity index (χ0) is 21.4. The lowest BCUT2D eigenvalue weighted by atomic mass is 9.85. The lowest BCUT2D eigenvalue weighted by Crippen LogP contribution is -2.52. The van der Waals surface area contributed by atoms with Crippen LogP contribution in [0.5, 0.6) is 0 Å². The molecule has 3 amide bonds. The molecule has 1 fully saturated rings. The second-order valence-corrected chi connectivity index (χ2v) is 9.16. The topological polar surface area (TPSA) is 60.9 Å². The Morgan fingerprint density at radius 1 is 1.03 bits per heavy atom. The van der Waals surface area contributed by atoms with Crippen molar-refractivity contribution in [3.8, 4) is 0 Å². The van der Waals surface area contributed by atoms with Crippen molar-refractivity contribution < 1.29 is 14.4 Å². The molecule has 0 radical (unpaired) electrons. The van der Waals surface area contributed by atoms with Crippen LogP contribution in [0.15, 0.2) is 36.4 Å². The zero-order valence-corrected chi connectivity index (χ0v) is 18.1. The molecule has 1 saturated heterocycles. The molecule has 160 valence electrons. The molecule has 2 aliphatic heterocycles. The molecule has 3 atom stereocenters. The summed E-state index contributed by atoms with van der Waals surface area (Å²) in [5, 5.41) is 0. The Hall–Kier alpha value is -2.63. The van der Waals surface area contributed by atoms with Gasteiger partial charge in [-0.25, -0.2) is 0 Å². The number of para-hydroxylation sites is 1. The molecule has 6 nitrogen and oxygen atoms in total. The summed E-state index contributed by atoms with van der Waals surface area (Å²) in [5.74, 6) is -0.854. The van der Waals surface area contributed by atoms with Crippen molar-refractivity contribution in [1.29, 1.82) is 0 Å². The Bertz CT molecular complexity index is 852. The first-order valence-corrected chi connectivity index (χ1v) is 11.0. The molecule has 0 N–H and O–H groups in total. The Morgan fingerprint density at radius 3 is 2.30 bits per heavy atom. The molecule has 30 heavy (non-hydrogen) atoms. The number of rotatable bonds is 4. The van der Waals surface area contributed by atoms with E-state index in [0.29, 0.717) is 38.9 Å². The number of fused-ring (bicyclic) bond motifs is 2. The average molecular weight is 410 g/mol. The molecule has 2 heterocycles. The van der Waals surface area contributed by atoms with Crippen LogP contribution in [0.3, 0.4) is 0 Å². The Balaban J connectivity index is 1.62. The standard InChI is InChI=1S/C24H31N3O3/c1-16(2)14-21(27-22(28)18-9-5-6-10-19(18)23(27)29)24(30)26-13-12-25(3)20-11-7-4-8-17(20)15-26/h4-8,11,16,18-19,21H,9-10,12-15H2,1-3H3. The summed E-state index contributed by atoms with van der Waals surface area (Å²) in [6.45, 7) is 5.85. The van der Waals surface area contributed by atoms with Crippen molar-refractivity contribution in [2.75, 3.05) is 25.0 Å². The van der Waals surface area contributed by atoms with Crippen LogP contribution in [0.2, 0.25) is 0 Å². The van der Waals surface area contributed by atoms with Gasteiger partial charge in [-0.1, -0.05) is 44.2 Å². The summed E-state index contributed by atoms with van der Waals surface area (Å²) in [4.78, 5) is 45.4. The van der Waals surface area contributed by atoms with Crippen molar-refractivity contribution in [3.63, 3.8) is 0 Å². The van der Waals surface area contributed by atoms with Crippen LogP contribution in [0.1, 0.15) is 38.7 Å². The number of carbonyl (C=O) groups excluding carboxylic acids is 3. The Morgan fingerprint density at radius 2 is 1.67 bits per heavy atom. The van der Waals surface area contributed by atoms with E-state index in [0.717, 1.165) is 11.3 Å². The number of hydrogen-bond donors (Lipinski definition) is 0. The van der Waals surface area contributed by atoms with Crippen molar-refractivity contribution in [3.05, 3.63) is 42.0 Å². The van der Waals surface area contributed by atoms with E-state index < -0.39 is 6.04 Å². The normalized spacial score (nSPS) is 24.7. The summed E-state index contributed by atoms with van der Waals surface area (Å²) in [5.41, 5.74) is 2.21. The van der Waals surface area contributed by atoms with Crippen molar-refractivity contribution in [2.24, 2.45) is 17.8 Å². The van der Waals surface area contributed by atoms with Crippen LogP contribution in [0.25, 0.3) is 0 Å². The van der Waals surface area contributed by atoms with E-state index in [4.69, 9.17) is 0 Å². The SMILES string of the molecule is CC(C)CC(C(=O)N1CCN(C)c2ccccc2C1)N1C(=O)C2CC=CCC2C1=O. The summed E-state index contributed by atoms with van der Waals surface area (Å²) >= 11 is 0. The van der Waals surface area contributed by atoms with E-state index >= 15 is 0 Å². The maximum atomic E-state index is 13.7. The summed E-state index contributed by atoms with van der Waals surface area (Å²) in [7, 11) is 2.03. The van der Waals surface area contributed by atoms with E-state index in [1.807, 2.05) is 56.1 Å². The fourth-order valence-electron chi connectivity index (χ4n) is 4.99. The van der Waals surface area contributed by atoms with Gasteiger partial charge in [0.15, 0.2) is 0 Å². The lowest BCUT2D eigenvalue weighted by molar-refractivity contribution is -0.152. The molecule has 3 unspecified atom stereocenters. The van der Waals surface area contributed by atoms with Crippen LogP contribution >= 0.6 is 0 Å². The maximum absolute atomic E-state index is 13.7. The predicted octanol–water partition coefficient (Wildman–Crippen LogP) is 2.83. The summed E-state index contributed by atoms with van der Waals surface area (Å²) < 4.78 is 0. The molecule has 0 saturated carbocycles. The quantitative estimate of drug-likeness (QED) is 0.567. The Labute approximate surface area is 178 Å². The molecule has 0 spiro atoms. The van der Waals surface area contributed by atoms with Gasteiger partial charge < -0.3 is 9.80 Å². The van der Waals surface area contributed by atoms with Crippen LogP contribution < -0.4 is 4.90 Å². The van der Waals surface area contributed by atoms with Crippen molar-refractivity contribution in [1.82, 2.24) is 9.80 Å². The van der Waals surface area contributed by atoms with E-state index in [2.05, 4.69) is 11.0 Å². The number of benzene rings is 1. The number of likely N-dealkylation sites (N-methyl/N-ethyl adjacent to an activating group) is 1. The van der Waals surface area contributed by atoms with E-state index in [9.17, 15) is 14.4 Å². The molecule has 0 aromatic heterocycles. The van der Waals surface area contributed by atoms with Gasteiger partial charge in [0.1, 0.15) is 6.04 Å². The van der Waals surface area contributed by atoms with Gasteiger partial charge in [0.05, 0.1) is 11.8 Å². The fourth-order valence-corrected chi connectivity index (χ4v) is 4.99. The third-order valence-electron chi connectivity index (χ3n) is 6.61. The van der Waals surface area contributed by atoms with Crippen molar-refractivity contribution in [2.45, 2.75) is 45.7 Å². The number of amides is 3. The molecular formula is C24H31N3O3. The highest BCUT2D eigenvalue weighted by Gasteiger charge is 2.51. The molecule has 3 aliphatic rings. The Kier molecular flexibility index (Phi) is 5.67. The highest BCUT2D eigenvalue weighted by atomic mass is 16.2. The predicted molar refractivity (Wildman–Crippen MR) is 116 cm³/mol. The first-order valence-electron chi connectivity index (χ1n) is 11.0. The van der Waals surface area contributed by atoms with Gasteiger partial charge in [-0.05, 0) is 36.8 Å². The van der Waals surface area contributed by atoms with Crippen LogP contribution in [0.4, 0.5) is 5.69 Å². The molecule has 4 rings (SSSR count). The number of nitrogens with zero attached hydrogens (tertiary/aromatic N) is 3. The third-order valence-corrected chi connectivity index (χ3v) is 6.61. The van der Waals surface area contributed by atoms with Crippen molar-refractivity contribution >= 4 is 23.4 Å². The minimum atomic E-state index is -0.717. The molecule has 1 aromatic carbocycles. The molecule has 0 bridgehead atoms. The van der Waals surface area contributed by atoms with Gasteiger partial charge in [-0.2, -0.15) is 0 Å². The first-order chi connectivity index (χ1) is 14.4. The molecule has 6 heteroatoms. The number of carbonyl (C=O) groups is 3. The number of imide groups is 1. The van der Waals surface area contributed by atoms with Gasteiger partial charge >= 0.3 is 0 Å².